The average Bonchev–Trinajstić information content (AvgIpc) is 2.91. The van der Waals surface area contributed by atoms with Gasteiger partial charge in [0, 0.05) is 22.7 Å². The molecule has 0 saturated heterocycles. The fourth-order valence-electron chi connectivity index (χ4n) is 2.45. The lowest BCUT2D eigenvalue weighted by Crippen LogP contribution is -2.30. The second kappa shape index (κ2) is 5.58. The number of amides is 1. The molecule has 0 aromatic carbocycles. The summed E-state index contributed by atoms with van der Waals surface area (Å²) < 4.78 is 6.14. The fraction of sp³-hybridized carbons (Fsp3) is 0.286. The fourth-order valence-corrected chi connectivity index (χ4v) is 2.97. The summed E-state index contributed by atoms with van der Waals surface area (Å²) in [6.07, 6.45) is 6.05. The Labute approximate surface area is 129 Å². The summed E-state index contributed by atoms with van der Waals surface area (Å²) in [7, 11) is 0. The Balaban J connectivity index is 1.82. The van der Waals surface area contributed by atoms with Gasteiger partial charge in [-0.25, -0.2) is 4.98 Å². The maximum Gasteiger partial charge on any atom is 0.254 e. The molecule has 2 heterocycles. The van der Waals surface area contributed by atoms with Crippen molar-refractivity contribution in [1.82, 2.24) is 10.3 Å². The Kier molecular flexibility index (Phi) is 3.81. The number of hydrogen-bond donors (Lipinski definition) is 1. The van der Waals surface area contributed by atoms with Crippen molar-refractivity contribution in [3.63, 3.8) is 0 Å². The number of rotatable bonds is 2. The molecule has 2 aromatic rings. The summed E-state index contributed by atoms with van der Waals surface area (Å²) in [6, 6.07) is 3.56. The lowest BCUT2D eigenvalue weighted by Gasteiger charge is -2.22. The monoisotopic (exact) mass is 354 g/mol. The lowest BCUT2D eigenvalue weighted by molar-refractivity contribution is 0.0932. The maximum absolute atomic E-state index is 12.3. The van der Waals surface area contributed by atoms with Gasteiger partial charge in [-0.2, -0.15) is 0 Å². The molecule has 1 atom stereocenters. The van der Waals surface area contributed by atoms with Crippen LogP contribution in [0.1, 0.15) is 40.6 Å². The van der Waals surface area contributed by atoms with E-state index in [9.17, 15) is 4.79 Å². The van der Waals surface area contributed by atoms with E-state index in [4.69, 9.17) is 16.0 Å². The number of carbonyl (C=O) groups excluding carboxylic acids is 1. The summed E-state index contributed by atoms with van der Waals surface area (Å²) in [5, 5.41) is 3.20. The molecule has 1 N–H and O–H groups in total. The van der Waals surface area contributed by atoms with Gasteiger partial charge in [0.2, 0.25) is 0 Å². The van der Waals surface area contributed by atoms with Crippen LogP contribution >= 0.6 is 27.5 Å². The molecule has 20 heavy (non-hydrogen) atoms. The van der Waals surface area contributed by atoms with Gasteiger partial charge >= 0.3 is 0 Å². The topological polar surface area (TPSA) is 55.1 Å². The summed E-state index contributed by atoms with van der Waals surface area (Å²) in [5.74, 6) is 0.739. The van der Waals surface area contributed by atoms with Crippen LogP contribution in [0.25, 0.3) is 0 Å². The van der Waals surface area contributed by atoms with Crippen molar-refractivity contribution < 1.29 is 9.21 Å². The molecule has 1 aliphatic rings. The van der Waals surface area contributed by atoms with Crippen LogP contribution in [0.2, 0.25) is 5.15 Å². The van der Waals surface area contributed by atoms with Gasteiger partial charge in [-0.3, -0.25) is 4.79 Å². The minimum atomic E-state index is -0.220. The molecule has 0 spiro atoms. The molecule has 0 saturated carbocycles. The van der Waals surface area contributed by atoms with Gasteiger partial charge in [-0.05, 0) is 40.9 Å². The van der Waals surface area contributed by atoms with E-state index in [0.29, 0.717) is 5.56 Å². The molecule has 0 fully saturated rings. The molecule has 1 amide bonds. The predicted octanol–water partition coefficient (Wildman–Crippen LogP) is 3.90. The number of aryl methyl sites for hydroxylation is 1. The van der Waals surface area contributed by atoms with Crippen molar-refractivity contribution in [2.45, 2.75) is 25.3 Å². The van der Waals surface area contributed by atoms with Gasteiger partial charge in [0.05, 0.1) is 17.9 Å². The van der Waals surface area contributed by atoms with Gasteiger partial charge in [-0.15, -0.1) is 0 Å². The summed E-state index contributed by atoms with van der Waals surface area (Å²) in [5.41, 5.74) is 1.43. The minimum Gasteiger partial charge on any atom is -0.469 e. The van der Waals surface area contributed by atoms with Crippen LogP contribution in [0.15, 0.2) is 33.5 Å². The largest absolute Gasteiger partial charge is 0.469 e. The first-order valence-electron chi connectivity index (χ1n) is 6.33. The number of halogens is 2. The molecule has 0 radical (unpaired) electrons. The number of fused-ring (bicyclic) bond motifs is 1. The van der Waals surface area contributed by atoms with Gasteiger partial charge in [0.25, 0.3) is 5.91 Å². The van der Waals surface area contributed by atoms with E-state index in [2.05, 4.69) is 26.2 Å². The van der Waals surface area contributed by atoms with Crippen molar-refractivity contribution in [2.75, 3.05) is 0 Å². The molecule has 0 aliphatic heterocycles. The third-order valence-electron chi connectivity index (χ3n) is 3.41. The van der Waals surface area contributed by atoms with Crippen LogP contribution in [0.3, 0.4) is 0 Å². The predicted molar refractivity (Wildman–Crippen MR) is 78.8 cm³/mol. The number of nitrogens with zero attached hydrogens (tertiary/aromatic N) is 1. The normalized spacial score (nSPS) is 17.6. The van der Waals surface area contributed by atoms with E-state index < -0.39 is 0 Å². The molecule has 6 heteroatoms. The highest BCUT2D eigenvalue weighted by molar-refractivity contribution is 9.10. The molecule has 2 aromatic heterocycles. The van der Waals surface area contributed by atoms with E-state index in [1.807, 2.05) is 6.07 Å². The van der Waals surface area contributed by atoms with E-state index in [1.54, 1.807) is 18.5 Å². The van der Waals surface area contributed by atoms with Gasteiger partial charge in [0.15, 0.2) is 0 Å². The molecule has 0 bridgehead atoms. The second-order valence-corrected chi connectivity index (χ2v) is 5.98. The molecule has 1 aliphatic carbocycles. The summed E-state index contributed by atoms with van der Waals surface area (Å²) in [4.78, 5) is 16.3. The van der Waals surface area contributed by atoms with Crippen molar-refractivity contribution in [3.8, 4) is 0 Å². The zero-order chi connectivity index (χ0) is 14.1. The van der Waals surface area contributed by atoms with E-state index in [0.717, 1.165) is 35.1 Å². The number of pyridine rings is 1. The van der Waals surface area contributed by atoms with E-state index >= 15 is 0 Å². The van der Waals surface area contributed by atoms with Crippen LogP contribution in [0.4, 0.5) is 0 Å². The Hall–Kier alpha value is -1.33. The van der Waals surface area contributed by atoms with Gasteiger partial charge in [0.1, 0.15) is 10.9 Å². The molecule has 4 nitrogen and oxygen atoms in total. The molecule has 104 valence electrons. The van der Waals surface area contributed by atoms with Gasteiger partial charge < -0.3 is 9.73 Å². The number of furan rings is 1. The van der Waals surface area contributed by atoms with Crippen LogP contribution in [-0.4, -0.2) is 10.9 Å². The average molecular weight is 356 g/mol. The Morgan fingerprint density at radius 2 is 2.40 bits per heavy atom. The number of hydrogen-bond acceptors (Lipinski definition) is 3. The second-order valence-electron chi connectivity index (χ2n) is 4.71. The Bertz CT molecular complexity index is 656. The lowest BCUT2D eigenvalue weighted by atomic mass is 9.93. The maximum atomic E-state index is 12.3. The summed E-state index contributed by atoms with van der Waals surface area (Å²) in [6.45, 7) is 0. The van der Waals surface area contributed by atoms with Crippen molar-refractivity contribution in [3.05, 3.63) is 51.1 Å². The first kappa shape index (κ1) is 13.6. The highest BCUT2D eigenvalue weighted by Gasteiger charge is 2.25. The molecule has 1 unspecified atom stereocenters. The number of nitrogens with one attached hydrogen (secondary N) is 1. The van der Waals surface area contributed by atoms with Crippen LogP contribution in [0, 0.1) is 0 Å². The highest BCUT2D eigenvalue weighted by Crippen LogP contribution is 2.31. The standard InChI is InChI=1S/C14H12BrClN2O2/c15-8-6-10(13(16)17-7-8)14(19)18-11-2-1-3-12-9(11)4-5-20-12/h4-7,11H,1-3H2,(H,18,19). The quantitative estimate of drug-likeness (QED) is 0.831. The highest BCUT2D eigenvalue weighted by atomic mass is 79.9. The third kappa shape index (κ3) is 2.60. The molecule has 3 rings (SSSR count). The van der Waals surface area contributed by atoms with Crippen LogP contribution < -0.4 is 5.32 Å². The summed E-state index contributed by atoms with van der Waals surface area (Å²) >= 11 is 9.27. The van der Waals surface area contributed by atoms with Crippen LogP contribution in [0.5, 0.6) is 0 Å². The number of carbonyl (C=O) groups is 1. The van der Waals surface area contributed by atoms with Crippen molar-refractivity contribution in [2.24, 2.45) is 0 Å². The van der Waals surface area contributed by atoms with E-state index in [1.165, 1.54) is 0 Å². The SMILES string of the molecule is O=C(NC1CCCc2occc21)c1cc(Br)cnc1Cl. The number of aromatic nitrogens is 1. The Morgan fingerprint density at radius 1 is 1.55 bits per heavy atom. The third-order valence-corrected chi connectivity index (χ3v) is 4.14. The van der Waals surface area contributed by atoms with Gasteiger partial charge in [-0.1, -0.05) is 11.6 Å². The Morgan fingerprint density at radius 3 is 3.25 bits per heavy atom. The van der Waals surface area contributed by atoms with Crippen molar-refractivity contribution in [1.29, 1.82) is 0 Å². The zero-order valence-corrected chi connectivity index (χ0v) is 12.9. The minimum absolute atomic E-state index is 0.0277. The first-order chi connectivity index (χ1) is 9.65. The molecular formula is C14H12BrClN2O2. The van der Waals surface area contributed by atoms with Crippen molar-refractivity contribution >= 4 is 33.4 Å². The van der Waals surface area contributed by atoms with Crippen LogP contribution in [-0.2, 0) is 6.42 Å². The first-order valence-corrected chi connectivity index (χ1v) is 7.50. The zero-order valence-electron chi connectivity index (χ0n) is 10.5. The van der Waals surface area contributed by atoms with E-state index in [-0.39, 0.29) is 17.1 Å². The molecular weight excluding hydrogens is 344 g/mol. The smallest absolute Gasteiger partial charge is 0.254 e.